The molecule has 0 saturated carbocycles. The first-order valence-electron chi connectivity index (χ1n) is 11.9. The van der Waals surface area contributed by atoms with E-state index in [2.05, 4.69) is 41.0 Å². The third-order valence-electron chi connectivity index (χ3n) is 5.62. The molecule has 1 atom stereocenters. The molecular weight excluding hydrogens is 427 g/mol. The van der Waals surface area contributed by atoms with Gasteiger partial charge in [-0.2, -0.15) is 0 Å². The van der Waals surface area contributed by atoms with Gasteiger partial charge in [-0.15, -0.1) is 0 Å². The lowest BCUT2D eigenvalue weighted by Gasteiger charge is -2.34. The number of hydrogen-bond donors (Lipinski definition) is 2. The van der Waals surface area contributed by atoms with Crippen molar-refractivity contribution in [3.05, 3.63) is 78.3 Å². The summed E-state index contributed by atoms with van der Waals surface area (Å²) in [6.45, 7) is 12.2. The largest absolute Gasteiger partial charge is 0.375 e. The Labute approximate surface area is 202 Å². The monoisotopic (exact) mass is 462 g/mol. The maximum Gasteiger partial charge on any atom is 0.138 e. The topological polar surface area (TPSA) is 65.4 Å². The second-order valence-electron chi connectivity index (χ2n) is 8.41. The molecule has 1 aliphatic rings. The number of benzene rings is 1. The van der Waals surface area contributed by atoms with Crippen molar-refractivity contribution in [2.75, 3.05) is 23.7 Å². The fraction of sp³-hybridized carbons (Fsp3) is 0.370. The van der Waals surface area contributed by atoms with Gasteiger partial charge < -0.3 is 15.5 Å². The van der Waals surface area contributed by atoms with Gasteiger partial charge in [0.25, 0.3) is 0 Å². The highest BCUT2D eigenvalue weighted by Crippen LogP contribution is 2.29. The highest BCUT2D eigenvalue weighted by molar-refractivity contribution is 5.71. The molecule has 1 aliphatic heterocycles. The summed E-state index contributed by atoms with van der Waals surface area (Å²) in [4.78, 5) is 16.3. The van der Waals surface area contributed by atoms with Crippen molar-refractivity contribution >= 4 is 23.5 Å². The van der Waals surface area contributed by atoms with Gasteiger partial charge in [0, 0.05) is 54.6 Å². The van der Waals surface area contributed by atoms with Crippen molar-refractivity contribution in [2.24, 2.45) is 4.99 Å². The summed E-state index contributed by atoms with van der Waals surface area (Å²) in [5.74, 6) is 1.94. The van der Waals surface area contributed by atoms with Gasteiger partial charge in [0.2, 0.25) is 0 Å². The van der Waals surface area contributed by atoms with E-state index in [1.54, 1.807) is 18.5 Å². The first-order valence-corrected chi connectivity index (χ1v) is 11.9. The van der Waals surface area contributed by atoms with Crippen molar-refractivity contribution in [2.45, 2.75) is 52.4 Å². The van der Waals surface area contributed by atoms with Crippen LogP contribution in [0.1, 0.15) is 58.2 Å². The first-order chi connectivity index (χ1) is 16.5. The Hall–Kier alpha value is -3.48. The summed E-state index contributed by atoms with van der Waals surface area (Å²) in [5, 5.41) is 6.55. The number of nitrogens with one attached hydrogen (secondary N) is 2. The van der Waals surface area contributed by atoms with Crippen molar-refractivity contribution in [3.63, 3.8) is 0 Å². The summed E-state index contributed by atoms with van der Waals surface area (Å²) < 4.78 is 13.7. The minimum Gasteiger partial charge on any atom is -0.375 e. The average Bonchev–Trinajstić information content (AvgIpc) is 2.83. The van der Waals surface area contributed by atoms with E-state index in [4.69, 9.17) is 9.97 Å². The highest BCUT2D eigenvalue weighted by Gasteiger charge is 2.24. The van der Waals surface area contributed by atoms with Gasteiger partial charge in [0.1, 0.15) is 23.3 Å². The molecule has 1 aromatic carbocycles. The van der Waals surface area contributed by atoms with E-state index in [0.29, 0.717) is 17.3 Å². The number of allylic oxidation sites excluding steroid dienone is 4. The van der Waals surface area contributed by atoms with Gasteiger partial charge in [-0.1, -0.05) is 32.6 Å². The van der Waals surface area contributed by atoms with Crippen LogP contribution in [0.5, 0.6) is 0 Å². The van der Waals surface area contributed by atoms with Gasteiger partial charge in [-0.05, 0) is 56.9 Å². The highest BCUT2D eigenvalue weighted by atomic mass is 19.1. The van der Waals surface area contributed by atoms with Gasteiger partial charge in [0.05, 0.1) is 0 Å². The Balaban J connectivity index is 1.86. The molecule has 180 valence electrons. The van der Waals surface area contributed by atoms with Gasteiger partial charge in [0.15, 0.2) is 0 Å². The molecule has 34 heavy (non-hydrogen) atoms. The predicted molar refractivity (Wildman–Crippen MR) is 140 cm³/mol. The minimum atomic E-state index is -0.299. The Bertz CT molecular complexity index is 1060. The molecular formula is C27H35FN6. The standard InChI is InChI=1S/C27H35FN6/c1-5-7-8-14-29-18-20(3)30-25-17-26(31-24-13-9-12-23(28)16-24)33-27(32-25)22-11-10-15-34(19-22)21(4)6-2/h7-9,12-14,16-18,22H,4-6,10-11,15,19H2,1-3H3,(H2,30,31,32,33)/b8-7+,20-18+,29-14+. The lowest BCUT2D eigenvalue weighted by molar-refractivity contribution is 0.249. The number of aliphatic imine (C=N–C) groups is 1. The Morgan fingerprint density at radius 2 is 2.09 bits per heavy atom. The van der Waals surface area contributed by atoms with E-state index in [1.165, 1.54) is 12.1 Å². The molecule has 6 nitrogen and oxygen atoms in total. The Kier molecular flexibility index (Phi) is 9.38. The van der Waals surface area contributed by atoms with Crippen LogP contribution >= 0.6 is 0 Å². The number of hydrogen-bond acceptors (Lipinski definition) is 6. The second-order valence-corrected chi connectivity index (χ2v) is 8.41. The molecule has 1 saturated heterocycles. The number of halogens is 1. The van der Waals surface area contributed by atoms with Crippen molar-refractivity contribution in [3.8, 4) is 0 Å². The summed E-state index contributed by atoms with van der Waals surface area (Å²) >= 11 is 0. The van der Waals surface area contributed by atoms with E-state index in [0.717, 1.165) is 56.0 Å². The number of nitrogens with zero attached hydrogens (tertiary/aromatic N) is 4. The molecule has 7 heteroatoms. The Morgan fingerprint density at radius 1 is 1.26 bits per heavy atom. The number of rotatable bonds is 10. The third-order valence-corrected chi connectivity index (χ3v) is 5.62. The van der Waals surface area contributed by atoms with Crippen LogP contribution in [0.2, 0.25) is 0 Å². The summed E-state index contributed by atoms with van der Waals surface area (Å²) in [7, 11) is 0. The van der Waals surface area contributed by atoms with E-state index in [1.807, 2.05) is 31.2 Å². The molecule has 2 N–H and O–H groups in total. The van der Waals surface area contributed by atoms with Crippen LogP contribution in [0, 0.1) is 5.82 Å². The quantitative estimate of drug-likeness (QED) is 0.381. The van der Waals surface area contributed by atoms with E-state index >= 15 is 0 Å². The van der Waals surface area contributed by atoms with Crippen molar-refractivity contribution < 1.29 is 4.39 Å². The molecule has 2 aromatic rings. The molecule has 0 bridgehead atoms. The maximum atomic E-state index is 13.7. The summed E-state index contributed by atoms with van der Waals surface area (Å²) in [6, 6.07) is 8.19. The predicted octanol–water partition coefficient (Wildman–Crippen LogP) is 6.77. The van der Waals surface area contributed by atoms with Crippen LogP contribution in [-0.4, -0.2) is 34.2 Å². The fourth-order valence-corrected chi connectivity index (χ4v) is 3.83. The number of anilines is 3. The number of piperidine rings is 1. The zero-order chi connectivity index (χ0) is 24.3. The van der Waals surface area contributed by atoms with Gasteiger partial charge >= 0.3 is 0 Å². The minimum absolute atomic E-state index is 0.188. The molecule has 1 aromatic heterocycles. The second kappa shape index (κ2) is 12.7. The van der Waals surface area contributed by atoms with E-state index in [-0.39, 0.29) is 11.7 Å². The number of aromatic nitrogens is 2. The van der Waals surface area contributed by atoms with Crippen LogP contribution in [0.3, 0.4) is 0 Å². The third kappa shape index (κ3) is 7.54. The lowest BCUT2D eigenvalue weighted by atomic mass is 9.96. The van der Waals surface area contributed by atoms with Crippen molar-refractivity contribution in [1.29, 1.82) is 0 Å². The molecule has 0 spiro atoms. The van der Waals surface area contributed by atoms with Crippen LogP contribution in [0.15, 0.2) is 71.6 Å². The average molecular weight is 463 g/mol. The van der Waals surface area contributed by atoms with Crippen LogP contribution < -0.4 is 10.6 Å². The molecule has 0 radical (unpaired) electrons. The van der Waals surface area contributed by atoms with Gasteiger partial charge in [-0.3, -0.25) is 4.99 Å². The lowest BCUT2D eigenvalue weighted by Crippen LogP contribution is -2.34. The summed E-state index contributed by atoms with van der Waals surface area (Å²) in [5.41, 5.74) is 2.64. The molecule has 0 amide bonds. The zero-order valence-electron chi connectivity index (χ0n) is 20.4. The molecule has 1 fully saturated rings. The van der Waals surface area contributed by atoms with Crippen LogP contribution in [0.4, 0.5) is 21.7 Å². The Morgan fingerprint density at radius 3 is 2.85 bits per heavy atom. The SMILES string of the molecule is C=C(CC)N1CCCC(c2nc(N/C(C)=C/N=C/C=C/CC)cc(Nc3cccc(F)c3)n2)C1. The smallest absolute Gasteiger partial charge is 0.138 e. The van der Waals surface area contributed by atoms with Crippen LogP contribution in [-0.2, 0) is 0 Å². The molecule has 3 rings (SSSR count). The zero-order valence-corrected chi connectivity index (χ0v) is 20.4. The molecule has 0 aliphatic carbocycles. The van der Waals surface area contributed by atoms with E-state index in [9.17, 15) is 4.39 Å². The number of likely N-dealkylation sites (tertiary alicyclic amines) is 1. The first kappa shape index (κ1) is 25.1. The van der Waals surface area contributed by atoms with Crippen molar-refractivity contribution in [1.82, 2.24) is 14.9 Å². The molecule has 2 heterocycles. The fourth-order valence-electron chi connectivity index (χ4n) is 3.83. The maximum absolute atomic E-state index is 13.7. The van der Waals surface area contributed by atoms with Crippen LogP contribution in [0.25, 0.3) is 0 Å². The summed E-state index contributed by atoms with van der Waals surface area (Å²) in [6.07, 6.45) is 11.5. The van der Waals surface area contributed by atoms with Gasteiger partial charge in [-0.25, -0.2) is 14.4 Å². The molecule has 1 unspecified atom stereocenters. The normalized spacial score (nSPS) is 16.9. The van der Waals surface area contributed by atoms with E-state index < -0.39 is 0 Å².